The number of ketones is 1. The summed E-state index contributed by atoms with van der Waals surface area (Å²) in [6, 6.07) is 6.84. The van der Waals surface area contributed by atoms with Gasteiger partial charge in [0.15, 0.2) is 23.8 Å². The summed E-state index contributed by atoms with van der Waals surface area (Å²) in [6.45, 7) is 15.7. The summed E-state index contributed by atoms with van der Waals surface area (Å²) < 4.78 is 35.7. The maximum atomic E-state index is 15.4. The molecule has 5 aliphatic rings. The van der Waals surface area contributed by atoms with Crippen LogP contribution in [0.5, 0.6) is 0 Å². The van der Waals surface area contributed by atoms with Crippen LogP contribution in [0.1, 0.15) is 78.6 Å². The molecule has 6 N–H and O–H groups in total. The van der Waals surface area contributed by atoms with Gasteiger partial charge >= 0.3 is 17.9 Å². The van der Waals surface area contributed by atoms with E-state index in [1.165, 1.54) is 38.1 Å². The maximum absolute atomic E-state index is 15.4. The van der Waals surface area contributed by atoms with E-state index in [2.05, 4.69) is 11.9 Å². The molecule has 16 heteroatoms. The number of nitrogens with one attached hydrogen (secondary N) is 1. The molecular weight excluding hydrogens is 770 g/mol. The molecule has 59 heavy (non-hydrogen) atoms. The molecule has 0 amide bonds. The number of fused-ring (bicyclic) bond motifs is 1. The second kappa shape index (κ2) is 15.9. The van der Waals surface area contributed by atoms with Crippen molar-refractivity contribution in [2.45, 2.75) is 135 Å². The molecule has 1 aliphatic heterocycles. The lowest BCUT2D eigenvalue weighted by Gasteiger charge is -2.82. The molecule has 4 aliphatic carbocycles. The number of aliphatic hydroxyl groups is 5. The van der Waals surface area contributed by atoms with Crippen molar-refractivity contribution in [3.63, 3.8) is 0 Å². The van der Waals surface area contributed by atoms with E-state index in [9.17, 15) is 39.9 Å². The van der Waals surface area contributed by atoms with Gasteiger partial charge in [0.2, 0.25) is 6.41 Å². The SMILES string of the molecule is C=CCOC(O)NC(C=C(C)C)[C@@H](O)C(O)O[C@H]1C[C@@]2(O)[C@@H](OC(=O)c3ccccc3)[C@]34C(C)[C@]5(OC(C)=O)CO[C@@H]5C[C@H](O)[C@@]3(C)C(=O)[C@H](OC(C)=O)C(=C1C)[C@]42C. The number of hydrogen-bond acceptors (Lipinski definition) is 16. The number of ether oxygens (including phenoxy) is 6. The lowest BCUT2D eigenvalue weighted by atomic mass is 9.23. The van der Waals surface area contributed by atoms with Crippen molar-refractivity contribution in [3.8, 4) is 0 Å². The third-order valence-corrected chi connectivity index (χ3v) is 14.0. The summed E-state index contributed by atoms with van der Waals surface area (Å²) in [6.07, 6.45) is -10.1. The monoisotopic (exact) mass is 827 g/mol. The van der Waals surface area contributed by atoms with Gasteiger partial charge in [0, 0.05) is 43.4 Å². The molecule has 4 unspecified atom stereocenters. The first-order valence-corrected chi connectivity index (χ1v) is 19.8. The van der Waals surface area contributed by atoms with E-state index in [0.717, 1.165) is 6.92 Å². The first-order valence-electron chi connectivity index (χ1n) is 19.8. The summed E-state index contributed by atoms with van der Waals surface area (Å²) in [5.74, 6) is -4.10. The first-order chi connectivity index (χ1) is 27.6. The van der Waals surface area contributed by atoms with Crippen molar-refractivity contribution in [1.29, 1.82) is 0 Å². The second-order valence-corrected chi connectivity index (χ2v) is 17.2. The highest BCUT2D eigenvalue weighted by molar-refractivity contribution is 5.98. The Morgan fingerprint density at radius 1 is 1.05 bits per heavy atom. The Kier molecular flexibility index (Phi) is 12.0. The topological polar surface area (TPSA) is 237 Å². The van der Waals surface area contributed by atoms with Crippen LogP contribution in [0.15, 0.2) is 65.8 Å². The Morgan fingerprint density at radius 2 is 1.71 bits per heavy atom. The number of allylic oxidation sites excluding steroid dienone is 1. The largest absolute Gasteiger partial charge is 0.455 e. The lowest BCUT2D eigenvalue weighted by molar-refractivity contribution is -0.408. The van der Waals surface area contributed by atoms with Crippen LogP contribution in [-0.2, 0) is 42.8 Å². The lowest BCUT2D eigenvalue weighted by Crippen LogP contribution is -2.93. The number of hydrogen-bond donors (Lipinski definition) is 6. The van der Waals surface area contributed by atoms with Gasteiger partial charge in [0.25, 0.3) is 0 Å². The van der Waals surface area contributed by atoms with E-state index in [-0.39, 0.29) is 36.3 Å². The van der Waals surface area contributed by atoms with Crippen LogP contribution in [-0.4, -0.2) is 129 Å². The molecule has 16 nitrogen and oxygen atoms in total. The third kappa shape index (κ3) is 6.45. The molecule has 1 aromatic carbocycles. The van der Waals surface area contributed by atoms with Gasteiger partial charge in [-0.05, 0) is 51.0 Å². The molecule has 3 saturated carbocycles. The number of rotatable bonds is 14. The highest BCUT2D eigenvalue weighted by Gasteiger charge is 2.94. The quantitative estimate of drug-likeness (QED) is 0.0678. The van der Waals surface area contributed by atoms with Crippen molar-refractivity contribution in [3.05, 3.63) is 71.3 Å². The van der Waals surface area contributed by atoms with E-state index < -0.39 is 119 Å². The minimum atomic E-state index is -2.19. The molecule has 15 atom stereocenters. The number of benzene rings is 1. The van der Waals surface area contributed by atoms with Gasteiger partial charge in [-0.25, -0.2) is 4.79 Å². The number of carbonyl (C=O) groups is 4. The molecule has 0 radical (unpaired) electrons. The number of aliphatic hydroxyl groups excluding tert-OH is 4. The Morgan fingerprint density at radius 3 is 2.27 bits per heavy atom. The summed E-state index contributed by atoms with van der Waals surface area (Å²) in [5.41, 5.74) is -7.91. The van der Waals surface area contributed by atoms with Crippen molar-refractivity contribution < 1.29 is 73.1 Å². The average molecular weight is 828 g/mol. The average Bonchev–Trinajstić information content (AvgIpc) is 3.20. The van der Waals surface area contributed by atoms with E-state index in [1.54, 1.807) is 52.8 Å². The minimum absolute atomic E-state index is 0.0266. The zero-order chi connectivity index (χ0) is 43.6. The van der Waals surface area contributed by atoms with Crippen LogP contribution >= 0.6 is 0 Å². The van der Waals surface area contributed by atoms with Crippen molar-refractivity contribution in [1.82, 2.24) is 5.32 Å². The van der Waals surface area contributed by atoms with E-state index >= 15 is 4.79 Å². The molecule has 1 saturated heterocycles. The Bertz CT molecular complexity index is 1910. The molecule has 324 valence electrons. The van der Waals surface area contributed by atoms with Crippen molar-refractivity contribution >= 4 is 23.7 Å². The van der Waals surface area contributed by atoms with E-state index in [0.29, 0.717) is 5.57 Å². The van der Waals surface area contributed by atoms with Crippen LogP contribution < -0.4 is 5.32 Å². The first kappa shape index (κ1) is 44.7. The minimum Gasteiger partial charge on any atom is -0.455 e. The van der Waals surface area contributed by atoms with Gasteiger partial charge in [0.1, 0.15) is 23.9 Å². The van der Waals surface area contributed by atoms with Crippen LogP contribution in [0.4, 0.5) is 0 Å². The van der Waals surface area contributed by atoms with Gasteiger partial charge in [-0.2, -0.15) is 0 Å². The molecule has 6 rings (SSSR count). The number of esters is 3. The third-order valence-electron chi connectivity index (χ3n) is 14.0. The van der Waals surface area contributed by atoms with Gasteiger partial charge in [-0.15, -0.1) is 6.58 Å². The Labute approximate surface area is 343 Å². The summed E-state index contributed by atoms with van der Waals surface area (Å²) in [4.78, 5) is 55.4. The van der Waals surface area contributed by atoms with Crippen LogP contribution in [0.25, 0.3) is 0 Å². The highest BCUT2D eigenvalue weighted by atomic mass is 16.6. The molecule has 4 fully saturated rings. The fourth-order valence-corrected chi connectivity index (χ4v) is 11.5. The molecule has 1 aromatic rings. The predicted octanol–water partition coefficient (Wildman–Crippen LogP) is 1.76. The van der Waals surface area contributed by atoms with Crippen LogP contribution in [0, 0.1) is 22.2 Å². The van der Waals surface area contributed by atoms with Gasteiger partial charge in [-0.3, -0.25) is 19.7 Å². The fourth-order valence-electron chi connectivity index (χ4n) is 11.5. The highest BCUT2D eigenvalue weighted by Crippen LogP contribution is 2.84. The fraction of sp³-hybridized carbons (Fsp3) is 0.628. The standard InChI is InChI=1S/C43H57NO15/c1-10-16-54-38(52)44-27(17-21(2)3)32(48)36(51)57-28-19-42(53)37(58-35(50)26-14-12-11-13-15-26)43-23(5)41(59-25(7)46)20-55-30(41)18-29(47)39(43,8)34(49)33(56-24(6)45)31(22(28)4)40(42,43)9/h10-15,17,23,27-30,32-33,36-38,44,47-48,51-53H,1,16,18-20H2,2-9H3/t23?,27?,28-,29-,30+,32+,33+,36?,37+,38?,39-,40-,41+,42+,43+/m0/s1. The van der Waals surface area contributed by atoms with E-state index in [4.69, 9.17) is 28.4 Å². The van der Waals surface area contributed by atoms with Gasteiger partial charge in [0.05, 0.1) is 42.4 Å². The normalized spacial score (nSPS) is 38.9. The Balaban J connectivity index is 1.55. The zero-order valence-electron chi connectivity index (χ0n) is 34.7. The van der Waals surface area contributed by atoms with Crippen molar-refractivity contribution in [2.75, 3.05) is 13.2 Å². The molecule has 1 spiro atoms. The van der Waals surface area contributed by atoms with E-state index in [1.807, 2.05) is 0 Å². The molecule has 0 bridgehead atoms. The molecular formula is C43H57NO15. The van der Waals surface area contributed by atoms with Gasteiger partial charge in [-0.1, -0.05) is 49.8 Å². The zero-order valence-corrected chi connectivity index (χ0v) is 34.7. The summed E-state index contributed by atoms with van der Waals surface area (Å²) >= 11 is 0. The smallest absolute Gasteiger partial charge is 0.338 e. The Hall–Kier alpha value is -3.84. The maximum Gasteiger partial charge on any atom is 0.338 e. The number of carbonyl (C=O) groups excluding carboxylic acids is 4. The summed E-state index contributed by atoms with van der Waals surface area (Å²) in [5, 5.41) is 61.9. The van der Waals surface area contributed by atoms with Crippen LogP contribution in [0.2, 0.25) is 0 Å². The molecule has 1 heterocycles. The second-order valence-electron chi connectivity index (χ2n) is 17.2. The van der Waals surface area contributed by atoms with Crippen molar-refractivity contribution in [2.24, 2.45) is 22.2 Å². The van der Waals surface area contributed by atoms with Gasteiger partial charge < -0.3 is 54.0 Å². The van der Waals surface area contributed by atoms with Crippen LogP contribution in [0.3, 0.4) is 0 Å². The predicted molar refractivity (Wildman–Crippen MR) is 207 cm³/mol. The summed E-state index contributed by atoms with van der Waals surface area (Å²) in [7, 11) is 0. The molecule has 0 aromatic heterocycles. The number of Topliss-reactive ketones (excluding diaryl/α,β-unsaturated/α-hetero) is 1.